The van der Waals surface area contributed by atoms with Gasteiger partial charge in [0.15, 0.2) is 5.82 Å². The average molecular weight is 238 g/mol. The van der Waals surface area contributed by atoms with Crippen LogP contribution in [0.25, 0.3) is 0 Å². The van der Waals surface area contributed by atoms with Crippen LogP contribution in [0.5, 0.6) is 0 Å². The lowest BCUT2D eigenvalue weighted by Crippen LogP contribution is -2.13. The molecule has 0 amide bonds. The van der Waals surface area contributed by atoms with Crippen LogP contribution < -0.4 is 5.14 Å². The molecule has 0 aliphatic carbocycles. The Hall–Kier alpha value is -1.61. The second-order valence-corrected chi connectivity index (χ2v) is 4.10. The Balaban J connectivity index is 3.57. The molecule has 15 heavy (non-hydrogen) atoms. The molecule has 0 atom stereocenters. The summed E-state index contributed by atoms with van der Waals surface area (Å²) in [6.45, 7) is 0. The molecular formula is C6H4F2N2O4S. The third kappa shape index (κ3) is 2.25. The molecule has 9 heteroatoms. The van der Waals surface area contributed by atoms with E-state index in [4.69, 9.17) is 0 Å². The lowest BCUT2D eigenvalue weighted by Gasteiger charge is -2.00. The first kappa shape index (κ1) is 11.5. The van der Waals surface area contributed by atoms with Gasteiger partial charge in [0, 0.05) is 6.07 Å². The van der Waals surface area contributed by atoms with Crippen LogP contribution in [0.2, 0.25) is 0 Å². The smallest absolute Gasteiger partial charge is 0.258 e. The lowest BCUT2D eigenvalue weighted by molar-refractivity contribution is -0.388. The normalized spacial score (nSPS) is 11.4. The maximum absolute atomic E-state index is 12.8. The Morgan fingerprint density at radius 2 is 1.87 bits per heavy atom. The van der Waals surface area contributed by atoms with Crippen LogP contribution in [0.1, 0.15) is 0 Å². The first-order valence-corrected chi connectivity index (χ1v) is 4.94. The van der Waals surface area contributed by atoms with Gasteiger partial charge in [-0.05, 0) is 6.07 Å². The lowest BCUT2D eigenvalue weighted by atomic mass is 10.3. The molecule has 0 bridgehead atoms. The summed E-state index contributed by atoms with van der Waals surface area (Å²) >= 11 is 0. The minimum Gasteiger partial charge on any atom is -0.258 e. The van der Waals surface area contributed by atoms with Gasteiger partial charge in [-0.15, -0.1) is 0 Å². The van der Waals surface area contributed by atoms with Gasteiger partial charge in [0.25, 0.3) is 0 Å². The van der Waals surface area contributed by atoms with E-state index in [1.165, 1.54) is 0 Å². The molecule has 0 heterocycles. The molecule has 0 saturated heterocycles. The molecule has 0 aromatic heterocycles. The van der Waals surface area contributed by atoms with Gasteiger partial charge in [-0.2, -0.15) is 4.39 Å². The van der Waals surface area contributed by atoms with Gasteiger partial charge >= 0.3 is 5.69 Å². The SMILES string of the molecule is NS(=O)(=O)c1cc(F)c(F)c([N+](=O)[O-])c1. The number of primary sulfonamides is 1. The predicted octanol–water partition coefficient (Wildman–Crippen LogP) is 0.520. The highest BCUT2D eigenvalue weighted by molar-refractivity contribution is 7.89. The Labute approximate surface area is 82.5 Å². The third-order valence-corrected chi connectivity index (χ3v) is 2.40. The van der Waals surface area contributed by atoms with E-state index < -0.39 is 37.2 Å². The summed E-state index contributed by atoms with van der Waals surface area (Å²) in [5, 5.41) is 14.8. The standard InChI is InChI=1S/C6H4F2N2O4S/c7-4-1-3(15(9,13)14)2-5(6(4)8)10(11)12/h1-2H,(H2,9,13,14). The van der Waals surface area contributed by atoms with Gasteiger partial charge in [-0.3, -0.25) is 10.1 Å². The summed E-state index contributed by atoms with van der Waals surface area (Å²) in [5.41, 5.74) is -1.28. The van der Waals surface area contributed by atoms with Gasteiger partial charge in [-0.25, -0.2) is 17.9 Å². The van der Waals surface area contributed by atoms with E-state index in [1.54, 1.807) is 0 Å². The highest BCUT2D eigenvalue weighted by atomic mass is 32.2. The van der Waals surface area contributed by atoms with E-state index in [2.05, 4.69) is 5.14 Å². The molecule has 0 spiro atoms. The number of sulfonamides is 1. The van der Waals surface area contributed by atoms with Crippen molar-refractivity contribution in [2.45, 2.75) is 4.90 Å². The van der Waals surface area contributed by atoms with Crippen molar-refractivity contribution >= 4 is 15.7 Å². The molecule has 0 aliphatic heterocycles. The van der Waals surface area contributed by atoms with Gasteiger partial charge in [0.1, 0.15) is 0 Å². The number of nitrogens with two attached hydrogens (primary N) is 1. The molecule has 0 saturated carbocycles. The van der Waals surface area contributed by atoms with E-state index in [1.807, 2.05) is 0 Å². The van der Waals surface area contributed by atoms with E-state index >= 15 is 0 Å². The molecule has 1 aromatic rings. The number of nitrogens with zero attached hydrogens (tertiary/aromatic N) is 1. The molecule has 1 rings (SSSR count). The Morgan fingerprint density at radius 3 is 2.27 bits per heavy atom. The van der Waals surface area contributed by atoms with E-state index in [0.29, 0.717) is 6.07 Å². The van der Waals surface area contributed by atoms with Crippen LogP contribution in [-0.2, 0) is 10.0 Å². The number of hydrogen-bond acceptors (Lipinski definition) is 4. The molecule has 0 unspecified atom stereocenters. The summed E-state index contributed by atoms with van der Waals surface area (Å²) in [6, 6.07) is 0.630. The van der Waals surface area contributed by atoms with Crippen LogP contribution in [0.4, 0.5) is 14.5 Å². The zero-order valence-electron chi connectivity index (χ0n) is 6.98. The van der Waals surface area contributed by atoms with Crippen molar-refractivity contribution in [3.63, 3.8) is 0 Å². The summed E-state index contributed by atoms with van der Waals surface area (Å²) < 4.78 is 47.0. The molecular weight excluding hydrogens is 234 g/mol. The van der Waals surface area contributed by atoms with Gasteiger partial charge in [-0.1, -0.05) is 0 Å². The van der Waals surface area contributed by atoms with Gasteiger partial charge in [0.05, 0.1) is 9.82 Å². The van der Waals surface area contributed by atoms with Crippen LogP contribution in [-0.4, -0.2) is 13.3 Å². The summed E-state index contributed by atoms with van der Waals surface area (Å²) in [6.07, 6.45) is 0. The number of benzene rings is 1. The second-order valence-electron chi connectivity index (χ2n) is 2.54. The van der Waals surface area contributed by atoms with Gasteiger partial charge < -0.3 is 0 Å². The quantitative estimate of drug-likeness (QED) is 0.599. The van der Waals surface area contributed by atoms with Crippen molar-refractivity contribution in [2.24, 2.45) is 5.14 Å². The highest BCUT2D eigenvalue weighted by Crippen LogP contribution is 2.23. The van der Waals surface area contributed by atoms with Crippen LogP contribution in [0.3, 0.4) is 0 Å². The minimum atomic E-state index is -4.31. The van der Waals surface area contributed by atoms with Crippen molar-refractivity contribution in [3.8, 4) is 0 Å². The van der Waals surface area contributed by atoms with E-state index in [9.17, 15) is 27.3 Å². The van der Waals surface area contributed by atoms with Crippen molar-refractivity contribution in [2.75, 3.05) is 0 Å². The fraction of sp³-hybridized carbons (Fsp3) is 0. The van der Waals surface area contributed by atoms with E-state index in [0.717, 1.165) is 0 Å². The molecule has 82 valence electrons. The Kier molecular flexibility index (Phi) is 2.69. The minimum absolute atomic E-state index is 0.275. The van der Waals surface area contributed by atoms with Crippen LogP contribution in [0, 0.1) is 21.7 Å². The fourth-order valence-corrected chi connectivity index (χ4v) is 1.39. The molecule has 0 fully saturated rings. The molecule has 6 nitrogen and oxygen atoms in total. The Morgan fingerprint density at radius 1 is 1.33 bits per heavy atom. The van der Waals surface area contributed by atoms with Crippen LogP contribution >= 0.6 is 0 Å². The van der Waals surface area contributed by atoms with Crippen molar-refractivity contribution < 1.29 is 22.1 Å². The zero-order chi connectivity index (χ0) is 11.8. The fourth-order valence-electron chi connectivity index (χ4n) is 0.848. The predicted molar refractivity (Wildman–Crippen MR) is 44.4 cm³/mol. The number of nitro groups is 1. The number of halogens is 2. The van der Waals surface area contributed by atoms with Crippen LogP contribution in [0.15, 0.2) is 17.0 Å². The molecule has 2 N–H and O–H groups in total. The second kappa shape index (κ2) is 3.51. The number of hydrogen-bond donors (Lipinski definition) is 1. The topological polar surface area (TPSA) is 103 Å². The average Bonchev–Trinajstić information content (AvgIpc) is 2.06. The first-order chi connectivity index (χ1) is 6.73. The maximum Gasteiger partial charge on any atom is 0.309 e. The largest absolute Gasteiger partial charge is 0.309 e. The number of nitro benzene ring substituents is 1. The highest BCUT2D eigenvalue weighted by Gasteiger charge is 2.23. The third-order valence-electron chi connectivity index (χ3n) is 1.51. The molecule has 0 radical (unpaired) electrons. The van der Waals surface area contributed by atoms with Crippen molar-refractivity contribution in [3.05, 3.63) is 33.9 Å². The monoisotopic (exact) mass is 238 g/mol. The van der Waals surface area contributed by atoms with Gasteiger partial charge in [0.2, 0.25) is 15.8 Å². The summed E-state index contributed by atoms with van der Waals surface area (Å²) in [5.74, 6) is -3.37. The summed E-state index contributed by atoms with van der Waals surface area (Å²) in [4.78, 5) is 8.12. The first-order valence-electron chi connectivity index (χ1n) is 3.39. The summed E-state index contributed by atoms with van der Waals surface area (Å²) in [7, 11) is -4.31. The Bertz CT molecular complexity index is 528. The number of rotatable bonds is 2. The van der Waals surface area contributed by atoms with Crippen molar-refractivity contribution in [1.29, 1.82) is 0 Å². The maximum atomic E-state index is 12.8. The zero-order valence-corrected chi connectivity index (χ0v) is 7.79. The van der Waals surface area contributed by atoms with Crippen molar-refractivity contribution in [1.82, 2.24) is 0 Å². The van der Waals surface area contributed by atoms with E-state index in [-0.39, 0.29) is 6.07 Å². The molecule has 1 aromatic carbocycles. The molecule has 0 aliphatic rings.